The fraction of sp³-hybridized carbons (Fsp3) is 0.500. The lowest BCUT2D eigenvalue weighted by atomic mass is 9.87. The lowest BCUT2D eigenvalue weighted by Crippen LogP contribution is -2.41. The number of carbonyl (C=O) groups excluding carboxylic acids is 2. The highest BCUT2D eigenvalue weighted by molar-refractivity contribution is 5.82. The number of hydrogen-bond donors (Lipinski definition) is 1. The van der Waals surface area contributed by atoms with Gasteiger partial charge in [0.15, 0.2) is 6.10 Å². The van der Waals surface area contributed by atoms with Crippen molar-refractivity contribution < 1.29 is 14.3 Å². The van der Waals surface area contributed by atoms with Crippen LogP contribution in [-0.4, -0.2) is 35.9 Å². The smallest absolute Gasteiger partial charge is 0.261 e. The Bertz CT molecular complexity index is 1010. The molecule has 5 nitrogen and oxygen atoms in total. The van der Waals surface area contributed by atoms with Crippen molar-refractivity contribution in [2.45, 2.75) is 65.5 Å². The van der Waals surface area contributed by atoms with Crippen LogP contribution in [0.5, 0.6) is 5.75 Å². The number of aryl methyl sites for hydroxylation is 1. The van der Waals surface area contributed by atoms with Crippen molar-refractivity contribution in [1.29, 1.82) is 0 Å². The van der Waals surface area contributed by atoms with Crippen molar-refractivity contribution in [3.8, 4) is 5.75 Å². The molecule has 0 aromatic heterocycles. The van der Waals surface area contributed by atoms with E-state index in [2.05, 4.69) is 61.3 Å². The molecule has 2 aliphatic rings. The number of benzene rings is 2. The summed E-state index contributed by atoms with van der Waals surface area (Å²) in [5, 5.41) is 2.98. The monoisotopic (exact) mass is 448 g/mol. The van der Waals surface area contributed by atoms with E-state index in [4.69, 9.17) is 4.74 Å². The summed E-state index contributed by atoms with van der Waals surface area (Å²) in [5.41, 5.74) is 4.66. The van der Waals surface area contributed by atoms with Gasteiger partial charge >= 0.3 is 0 Å². The third-order valence-corrected chi connectivity index (χ3v) is 6.54. The van der Waals surface area contributed by atoms with Crippen molar-refractivity contribution in [3.05, 3.63) is 64.7 Å². The summed E-state index contributed by atoms with van der Waals surface area (Å²) in [7, 11) is 0. The Morgan fingerprint density at radius 1 is 1.15 bits per heavy atom. The zero-order valence-corrected chi connectivity index (χ0v) is 20.3. The molecule has 2 aromatic carbocycles. The highest BCUT2D eigenvalue weighted by Crippen LogP contribution is 2.41. The average Bonchev–Trinajstić information content (AvgIpc) is 3.65. The Morgan fingerprint density at radius 2 is 1.94 bits per heavy atom. The van der Waals surface area contributed by atoms with E-state index in [0.717, 1.165) is 36.9 Å². The van der Waals surface area contributed by atoms with Gasteiger partial charge in [0.25, 0.3) is 5.91 Å². The minimum absolute atomic E-state index is 0.0790. The molecule has 5 heteroatoms. The molecule has 1 fully saturated rings. The Morgan fingerprint density at radius 3 is 2.61 bits per heavy atom. The molecule has 2 amide bonds. The number of nitrogens with zero attached hydrogens (tertiary/aromatic N) is 1. The molecule has 0 spiro atoms. The van der Waals surface area contributed by atoms with Crippen LogP contribution < -0.4 is 10.1 Å². The molecule has 33 heavy (non-hydrogen) atoms. The van der Waals surface area contributed by atoms with E-state index >= 15 is 0 Å². The second-order valence-electron chi connectivity index (χ2n) is 9.89. The van der Waals surface area contributed by atoms with E-state index in [1.54, 1.807) is 0 Å². The maximum Gasteiger partial charge on any atom is 0.261 e. The van der Waals surface area contributed by atoms with E-state index in [9.17, 15) is 9.59 Å². The van der Waals surface area contributed by atoms with Crippen molar-refractivity contribution >= 4 is 11.8 Å². The van der Waals surface area contributed by atoms with E-state index < -0.39 is 6.10 Å². The van der Waals surface area contributed by atoms with Crippen molar-refractivity contribution in [1.82, 2.24) is 10.2 Å². The number of nitrogens with one attached hydrogen (secondary N) is 1. The number of amides is 2. The zero-order valence-electron chi connectivity index (χ0n) is 20.3. The molecule has 2 atom stereocenters. The van der Waals surface area contributed by atoms with Crippen LogP contribution >= 0.6 is 0 Å². The lowest BCUT2D eigenvalue weighted by molar-refractivity contribution is -0.134. The molecule has 0 saturated heterocycles. The molecule has 0 bridgehead atoms. The first-order valence-electron chi connectivity index (χ1n) is 12.3. The third-order valence-electron chi connectivity index (χ3n) is 6.54. The predicted molar refractivity (Wildman–Crippen MR) is 130 cm³/mol. The average molecular weight is 449 g/mol. The first-order valence-corrected chi connectivity index (χ1v) is 12.3. The third kappa shape index (κ3) is 5.40. The second-order valence-corrected chi connectivity index (χ2v) is 9.89. The second kappa shape index (κ2) is 9.98. The molecule has 1 heterocycles. The van der Waals surface area contributed by atoms with Gasteiger partial charge in [-0.1, -0.05) is 56.7 Å². The Kier molecular flexibility index (Phi) is 7.06. The van der Waals surface area contributed by atoms with Gasteiger partial charge in [-0.05, 0) is 67.3 Å². The van der Waals surface area contributed by atoms with Crippen LogP contribution in [0.3, 0.4) is 0 Å². The maximum absolute atomic E-state index is 13.2. The molecule has 1 saturated carbocycles. The number of hydrogen-bond acceptors (Lipinski definition) is 3. The van der Waals surface area contributed by atoms with Gasteiger partial charge in [-0.15, -0.1) is 0 Å². The summed E-state index contributed by atoms with van der Waals surface area (Å²) in [5.74, 6) is 1.43. The minimum atomic E-state index is -0.535. The van der Waals surface area contributed by atoms with Crippen LogP contribution in [0.25, 0.3) is 0 Å². The molecule has 0 radical (unpaired) electrons. The summed E-state index contributed by atoms with van der Waals surface area (Å²) in [6.45, 7) is 9.56. The van der Waals surface area contributed by atoms with Gasteiger partial charge in [-0.3, -0.25) is 9.59 Å². The van der Waals surface area contributed by atoms with Gasteiger partial charge < -0.3 is 15.0 Å². The molecule has 4 rings (SSSR count). The van der Waals surface area contributed by atoms with Crippen LogP contribution in [-0.2, 0) is 16.0 Å². The van der Waals surface area contributed by atoms with Crippen molar-refractivity contribution in [2.24, 2.45) is 11.8 Å². The van der Waals surface area contributed by atoms with Crippen LogP contribution in [0.1, 0.15) is 68.3 Å². The SMILES string of the molecule is CC[C@@H](Oc1ccc2c(c1)[C@H](c1cccc(C)c1)N(C(=O)C1CC1)CC2)C(=O)NCC(C)C. The van der Waals surface area contributed by atoms with Gasteiger partial charge in [-0.2, -0.15) is 0 Å². The van der Waals surface area contributed by atoms with Gasteiger partial charge in [0.1, 0.15) is 5.75 Å². The van der Waals surface area contributed by atoms with Crippen LogP contribution in [0.15, 0.2) is 42.5 Å². The highest BCUT2D eigenvalue weighted by Gasteiger charge is 2.39. The van der Waals surface area contributed by atoms with Gasteiger partial charge in [-0.25, -0.2) is 0 Å². The number of fused-ring (bicyclic) bond motifs is 1. The van der Waals surface area contributed by atoms with E-state index in [0.29, 0.717) is 24.6 Å². The first-order chi connectivity index (χ1) is 15.9. The fourth-order valence-electron chi connectivity index (χ4n) is 4.57. The molecular weight excluding hydrogens is 412 g/mol. The predicted octanol–water partition coefficient (Wildman–Crippen LogP) is 4.81. The maximum atomic E-state index is 13.2. The van der Waals surface area contributed by atoms with Gasteiger partial charge in [0, 0.05) is 19.0 Å². The summed E-state index contributed by atoms with van der Waals surface area (Å²) in [6.07, 6.45) is 2.88. The molecule has 1 aliphatic carbocycles. The largest absolute Gasteiger partial charge is 0.481 e. The standard InChI is InChI=1S/C28H36N2O3/c1-5-25(27(31)29-17-18(2)3)33-23-12-11-20-13-14-30(28(32)21-9-10-21)26(24(20)16-23)22-8-6-7-19(4)15-22/h6-8,11-12,15-16,18,21,25-26H,5,9-10,13-14,17H2,1-4H3,(H,29,31)/t25-,26+/m1/s1. The van der Waals surface area contributed by atoms with Crippen LogP contribution in [0.2, 0.25) is 0 Å². The topological polar surface area (TPSA) is 58.6 Å². The quantitative estimate of drug-likeness (QED) is 0.631. The normalized spacial score (nSPS) is 18.6. The molecule has 1 N–H and O–H groups in total. The zero-order chi connectivity index (χ0) is 23.5. The fourth-order valence-corrected chi connectivity index (χ4v) is 4.57. The van der Waals surface area contributed by atoms with Gasteiger partial charge in [0.2, 0.25) is 5.91 Å². The summed E-state index contributed by atoms with van der Waals surface area (Å²) in [4.78, 5) is 27.9. The summed E-state index contributed by atoms with van der Waals surface area (Å²) in [6, 6.07) is 14.4. The van der Waals surface area contributed by atoms with E-state index in [1.807, 2.05) is 19.1 Å². The molecule has 1 aliphatic heterocycles. The van der Waals surface area contributed by atoms with E-state index in [-0.39, 0.29) is 23.8 Å². The van der Waals surface area contributed by atoms with Crippen molar-refractivity contribution in [2.75, 3.05) is 13.1 Å². The number of rotatable bonds is 8. The van der Waals surface area contributed by atoms with Gasteiger partial charge in [0.05, 0.1) is 6.04 Å². The highest BCUT2D eigenvalue weighted by atomic mass is 16.5. The Hall–Kier alpha value is -2.82. The van der Waals surface area contributed by atoms with E-state index in [1.165, 1.54) is 11.1 Å². The molecule has 0 unspecified atom stereocenters. The molecule has 2 aromatic rings. The Labute approximate surface area is 197 Å². The molecule has 176 valence electrons. The van der Waals surface area contributed by atoms with Crippen LogP contribution in [0, 0.1) is 18.8 Å². The minimum Gasteiger partial charge on any atom is -0.481 e. The number of carbonyl (C=O) groups is 2. The van der Waals surface area contributed by atoms with Crippen LogP contribution in [0.4, 0.5) is 0 Å². The lowest BCUT2D eigenvalue weighted by Gasteiger charge is -2.38. The molecular formula is C28H36N2O3. The Balaban J connectivity index is 1.64. The van der Waals surface area contributed by atoms with Crippen molar-refractivity contribution in [3.63, 3.8) is 0 Å². The summed E-state index contributed by atoms with van der Waals surface area (Å²) < 4.78 is 6.17. The summed E-state index contributed by atoms with van der Waals surface area (Å²) >= 11 is 0. The first kappa shape index (κ1) is 23.3. The number of ether oxygens (including phenoxy) is 1.